The standard InChI is InChI=1S/C116H70BN3O/c1-3-28-71(29-4-1)75-62-76(72-30-5-2-6-31-72)64-77(63-75)78-67-110-113-112(68-78)121-111-70-80(119-107-52-25-15-40-91(107)92-41-16-26-53-108(92)119)57-61-104(111)117(113)103-60-56-79(118-105-50-23-13-38-89(105)90-39-14-24-51-106(90)118)69-109(103)120(110)114-81(73-54-58-101-93(65-73)87-36-11-21-48-99(87)115(101)95-44-17-7-32-83(95)84-33-8-18-45-96(84)115)42-27-43-82(114)74-55-59-102-94(66-74)88-37-12-22-49-100(88)116(102)97-46-19-9-34-85(97)86-35-10-20-47-98(86)116/h1-70H/i13D,14D,15D,16D,23D,24D,25D,26D,38D,39D,40D,41D,50D,51D,52D,53D. The van der Waals surface area contributed by atoms with Gasteiger partial charge in [0.25, 0.3) is 6.71 Å². The fraction of sp³-hybridized carbons (Fsp3) is 0.0172. The third-order valence-electron chi connectivity index (χ3n) is 26.7. The van der Waals surface area contributed by atoms with Crippen LogP contribution in [0.3, 0.4) is 0 Å². The first kappa shape index (κ1) is 52.9. The van der Waals surface area contributed by atoms with Crippen molar-refractivity contribution < 1.29 is 26.7 Å². The van der Waals surface area contributed by atoms with Crippen molar-refractivity contribution in [3.63, 3.8) is 0 Å². The molecule has 6 aliphatic rings. The second-order valence-electron chi connectivity index (χ2n) is 32.3. The molecule has 4 heterocycles. The quantitative estimate of drug-likeness (QED) is 0.142. The maximum Gasteiger partial charge on any atom is 0.256 e. The predicted molar refractivity (Wildman–Crippen MR) is 501 cm³/mol. The SMILES string of the molecule is [2H]c1c([2H])c([2H])c2c(c1[2H])c1c([2H])c([2H])c([2H])c([2H])c1n2-c1ccc2c(c1)Oc1cc(-c3cc(-c4ccccc4)cc(-c4ccccc4)c3)cc3c1B2c1ccc(-n2c4c([2H])c([2H])c([2H])c([2H])c4c4c([2H])c([2H])c([2H])c([2H])c42)cc1N3c1c(-c2ccc3c(c2)-c2ccccc2C32c3ccccc3-c3ccccc32)cccc1-c1ccc2c(c1)-c1ccccc1C21c2ccccc2-c2ccccc21. The number of para-hydroxylation sites is 5. The van der Waals surface area contributed by atoms with E-state index in [1.54, 1.807) is 16.7 Å². The molecule has 0 saturated carbocycles. The molecule has 0 atom stereocenters. The average molecular weight is 1550 g/mol. The van der Waals surface area contributed by atoms with Gasteiger partial charge in [-0.3, -0.25) is 0 Å². The van der Waals surface area contributed by atoms with Crippen molar-refractivity contribution >= 4 is 83.8 Å². The molecular weight excluding hydrogens is 1460 g/mol. The Kier molecular flexibility index (Phi) is 10.9. The molecule has 121 heavy (non-hydrogen) atoms. The smallest absolute Gasteiger partial charge is 0.256 e. The molecule has 2 spiro atoms. The molecule has 27 rings (SSSR count). The number of hydrogen-bond acceptors (Lipinski definition) is 2. The average Bonchev–Trinajstić information content (AvgIpc) is 1.53. The van der Waals surface area contributed by atoms with Crippen molar-refractivity contribution in [3.05, 3.63) is 469 Å². The van der Waals surface area contributed by atoms with Crippen LogP contribution in [0.4, 0.5) is 17.1 Å². The van der Waals surface area contributed by atoms with Gasteiger partial charge in [-0.15, -0.1) is 0 Å². The molecule has 21 aromatic rings. The van der Waals surface area contributed by atoms with Crippen molar-refractivity contribution in [1.29, 1.82) is 0 Å². The largest absolute Gasteiger partial charge is 0.458 e. The summed E-state index contributed by atoms with van der Waals surface area (Å²) in [5, 5.41) is -0.365. The van der Waals surface area contributed by atoms with Crippen LogP contribution in [0.25, 0.3) is 155 Å². The minimum absolute atomic E-state index is 0.0741. The van der Waals surface area contributed by atoms with Crippen LogP contribution >= 0.6 is 0 Å². The number of ether oxygens (including phenoxy) is 1. The molecular formula is C116H70BN3O. The lowest BCUT2D eigenvalue weighted by Crippen LogP contribution is -2.59. The summed E-state index contributed by atoms with van der Waals surface area (Å²) < 4.78 is 163. The van der Waals surface area contributed by atoms with E-state index < -0.39 is 114 Å². The minimum Gasteiger partial charge on any atom is -0.458 e. The van der Waals surface area contributed by atoms with E-state index in [1.165, 1.54) is 26.8 Å². The summed E-state index contributed by atoms with van der Waals surface area (Å²) >= 11 is 0. The number of anilines is 3. The highest BCUT2D eigenvalue weighted by Gasteiger charge is 2.54. The summed E-state index contributed by atoms with van der Waals surface area (Å²) in [6.07, 6.45) is 0. The Morgan fingerprint density at radius 2 is 0.587 bits per heavy atom. The highest BCUT2D eigenvalue weighted by Crippen LogP contribution is 2.66. The number of hydrogen-bond donors (Lipinski definition) is 0. The predicted octanol–water partition coefficient (Wildman–Crippen LogP) is 27.3. The van der Waals surface area contributed by atoms with Crippen LogP contribution < -0.4 is 26.0 Å². The highest BCUT2D eigenvalue weighted by atomic mass is 16.5. The van der Waals surface area contributed by atoms with Gasteiger partial charge in [0.15, 0.2) is 0 Å². The Bertz CT molecular complexity index is 8630. The molecule has 0 bridgehead atoms. The van der Waals surface area contributed by atoms with E-state index in [9.17, 15) is 19.2 Å². The van der Waals surface area contributed by atoms with Gasteiger partial charge in [0.1, 0.15) is 11.5 Å². The van der Waals surface area contributed by atoms with Crippen LogP contribution in [-0.2, 0) is 10.8 Å². The molecule has 4 nitrogen and oxygen atoms in total. The normalized spacial score (nSPS) is 15.6. The number of benzene rings is 19. The van der Waals surface area contributed by atoms with Crippen molar-refractivity contribution in [1.82, 2.24) is 9.13 Å². The van der Waals surface area contributed by atoms with Crippen LogP contribution in [0.1, 0.15) is 66.4 Å². The summed E-state index contributed by atoms with van der Waals surface area (Å²) in [5.41, 5.74) is 29.4. The lowest BCUT2D eigenvalue weighted by atomic mass is 9.34. The van der Waals surface area contributed by atoms with Crippen LogP contribution in [-0.4, -0.2) is 15.8 Å². The summed E-state index contributed by atoms with van der Waals surface area (Å²) in [5.74, 6) is 0.694. The van der Waals surface area contributed by atoms with E-state index in [0.29, 0.717) is 44.8 Å². The topological polar surface area (TPSA) is 22.3 Å². The molecule has 0 fully saturated rings. The fourth-order valence-electron chi connectivity index (χ4n) is 21.9. The molecule has 4 aliphatic carbocycles. The highest BCUT2D eigenvalue weighted by molar-refractivity contribution is 6.99. The second kappa shape index (κ2) is 25.0. The van der Waals surface area contributed by atoms with Gasteiger partial charge in [-0.1, -0.05) is 333 Å². The van der Waals surface area contributed by atoms with Gasteiger partial charge in [-0.2, -0.15) is 0 Å². The first-order chi connectivity index (χ1) is 66.7. The molecule has 0 saturated heterocycles. The van der Waals surface area contributed by atoms with E-state index in [4.69, 9.17) is 7.48 Å². The molecule has 2 aliphatic heterocycles. The molecule has 5 heteroatoms. The lowest BCUT2D eigenvalue weighted by Gasteiger charge is -2.42. The molecule has 2 aromatic heterocycles. The second-order valence-corrected chi connectivity index (χ2v) is 32.3. The summed E-state index contributed by atoms with van der Waals surface area (Å²) in [6.45, 7) is -0.825. The van der Waals surface area contributed by atoms with Crippen LogP contribution in [0.5, 0.6) is 11.5 Å². The molecule has 0 radical (unpaired) electrons. The van der Waals surface area contributed by atoms with Crippen molar-refractivity contribution in [2.24, 2.45) is 0 Å². The molecule has 558 valence electrons. The van der Waals surface area contributed by atoms with Gasteiger partial charge in [-0.05, 0) is 235 Å². The van der Waals surface area contributed by atoms with Gasteiger partial charge < -0.3 is 18.8 Å². The Labute approximate surface area is 723 Å². The van der Waals surface area contributed by atoms with Crippen molar-refractivity contribution in [2.75, 3.05) is 4.90 Å². The number of fused-ring (bicyclic) bond motifs is 30. The Morgan fingerprint density at radius 3 is 1.02 bits per heavy atom. The molecule has 0 unspecified atom stereocenters. The first-order valence-electron chi connectivity index (χ1n) is 48.9. The zero-order valence-electron chi connectivity index (χ0n) is 80.5. The Balaban J connectivity index is 0.796. The van der Waals surface area contributed by atoms with E-state index in [2.05, 4.69) is 260 Å². The number of aromatic nitrogens is 2. The van der Waals surface area contributed by atoms with E-state index >= 15 is 0 Å². The van der Waals surface area contributed by atoms with Gasteiger partial charge >= 0.3 is 0 Å². The van der Waals surface area contributed by atoms with E-state index in [1.807, 2.05) is 60.7 Å². The first-order valence-corrected chi connectivity index (χ1v) is 40.9. The summed E-state index contributed by atoms with van der Waals surface area (Å²) in [7, 11) is 0. The van der Waals surface area contributed by atoms with Crippen molar-refractivity contribution in [3.8, 4) is 123 Å². The van der Waals surface area contributed by atoms with Crippen LogP contribution in [0.15, 0.2) is 424 Å². The summed E-state index contributed by atoms with van der Waals surface area (Å²) in [6, 6.07) is 107. The zero-order valence-corrected chi connectivity index (χ0v) is 64.5. The van der Waals surface area contributed by atoms with Gasteiger partial charge in [-0.25, -0.2) is 0 Å². The van der Waals surface area contributed by atoms with Crippen LogP contribution in [0, 0.1) is 0 Å². The monoisotopic (exact) mass is 1550 g/mol. The fourth-order valence-corrected chi connectivity index (χ4v) is 21.9. The number of nitrogens with zero attached hydrogens (tertiary/aromatic N) is 3. The third-order valence-corrected chi connectivity index (χ3v) is 26.7. The minimum atomic E-state index is -0.825. The Hall–Kier alpha value is -15.6. The van der Waals surface area contributed by atoms with Gasteiger partial charge in [0.2, 0.25) is 0 Å². The third kappa shape index (κ3) is 9.03. The maximum absolute atomic E-state index is 10.1. The molecule has 0 N–H and O–H groups in total. The van der Waals surface area contributed by atoms with E-state index in [0.717, 1.165) is 117 Å². The van der Waals surface area contributed by atoms with Gasteiger partial charge in [0.05, 0.1) is 60.5 Å². The van der Waals surface area contributed by atoms with Gasteiger partial charge in [0, 0.05) is 61.5 Å². The zero-order chi connectivity index (χ0) is 92.8. The summed E-state index contributed by atoms with van der Waals surface area (Å²) in [4.78, 5) is 2.32. The maximum atomic E-state index is 10.1. The van der Waals surface area contributed by atoms with Crippen molar-refractivity contribution in [2.45, 2.75) is 10.8 Å². The Morgan fingerprint density at radius 1 is 0.240 bits per heavy atom. The molecule has 19 aromatic carbocycles. The van der Waals surface area contributed by atoms with Crippen LogP contribution in [0.2, 0.25) is 0 Å². The number of rotatable bonds is 8. The molecule has 0 amide bonds. The lowest BCUT2D eigenvalue weighted by molar-refractivity contribution is 0.487. The van der Waals surface area contributed by atoms with E-state index in [-0.39, 0.29) is 60.7 Å².